The minimum Gasteiger partial charge on any atom is -0.380 e. The van der Waals surface area contributed by atoms with Crippen molar-refractivity contribution in [2.24, 2.45) is 0 Å². The molecule has 0 spiro atoms. The van der Waals surface area contributed by atoms with Crippen LogP contribution in [0.25, 0.3) is 11.6 Å². The van der Waals surface area contributed by atoms with Crippen molar-refractivity contribution in [3.8, 4) is 11.6 Å². The minimum absolute atomic E-state index is 0.891. The molecule has 0 fully saturated rings. The fourth-order valence-corrected chi connectivity index (χ4v) is 1.16. The van der Waals surface area contributed by atoms with Gasteiger partial charge >= 0.3 is 0 Å². The summed E-state index contributed by atoms with van der Waals surface area (Å²) in [5, 5.41) is 0. The summed E-state index contributed by atoms with van der Waals surface area (Å²) in [5.74, 6) is 1.78. The van der Waals surface area contributed by atoms with Crippen molar-refractivity contribution in [1.82, 2.24) is 18.9 Å². The molecule has 0 aliphatic carbocycles. The van der Waals surface area contributed by atoms with Crippen molar-refractivity contribution < 1.29 is 0 Å². The van der Waals surface area contributed by atoms with Crippen molar-refractivity contribution in [1.29, 1.82) is 0 Å². The van der Waals surface area contributed by atoms with Gasteiger partial charge in [-0.1, -0.05) is 0 Å². The lowest BCUT2D eigenvalue weighted by atomic mass is 10.3. The molecule has 0 amide bonds. The SMILES string of the molecule is Bn1ccnc1-c1nccn1B. The maximum absolute atomic E-state index is 4.20. The molecule has 0 atom stereocenters. The van der Waals surface area contributed by atoms with E-state index < -0.39 is 0 Å². The van der Waals surface area contributed by atoms with Crippen molar-refractivity contribution in [2.75, 3.05) is 0 Å². The van der Waals surface area contributed by atoms with Crippen molar-refractivity contribution in [3.05, 3.63) is 24.8 Å². The van der Waals surface area contributed by atoms with Gasteiger partial charge in [-0.15, -0.1) is 0 Å². The Labute approximate surface area is 72.1 Å². The monoisotopic (exact) mass is 158 g/mol. The van der Waals surface area contributed by atoms with E-state index in [1.165, 1.54) is 0 Å². The third kappa shape index (κ3) is 0.958. The van der Waals surface area contributed by atoms with E-state index in [0.29, 0.717) is 0 Å². The lowest BCUT2D eigenvalue weighted by Crippen LogP contribution is -2.01. The summed E-state index contributed by atoms with van der Waals surface area (Å²) < 4.78 is 3.89. The van der Waals surface area contributed by atoms with E-state index in [4.69, 9.17) is 0 Å². The van der Waals surface area contributed by atoms with Crippen LogP contribution in [0.5, 0.6) is 0 Å². The molecule has 4 nitrogen and oxygen atoms in total. The first-order chi connectivity index (χ1) is 5.79. The van der Waals surface area contributed by atoms with Gasteiger partial charge in [-0.3, -0.25) is 0 Å². The zero-order valence-electron chi connectivity index (χ0n) is 7.10. The zero-order valence-corrected chi connectivity index (χ0v) is 7.10. The van der Waals surface area contributed by atoms with E-state index in [-0.39, 0.29) is 0 Å². The average Bonchev–Trinajstić information content (AvgIpc) is 2.59. The second kappa shape index (κ2) is 2.55. The van der Waals surface area contributed by atoms with Crippen LogP contribution in [0.4, 0.5) is 0 Å². The molecule has 0 N–H and O–H groups in total. The van der Waals surface area contributed by atoms with Gasteiger partial charge in [0.1, 0.15) is 0 Å². The Hall–Kier alpha value is -1.45. The van der Waals surface area contributed by atoms with E-state index in [2.05, 4.69) is 9.97 Å². The molecule has 0 aliphatic heterocycles. The normalized spacial score (nSPS) is 10.3. The molecule has 58 valence electrons. The molecule has 0 radical (unpaired) electrons. The number of hydrogen-bond donors (Lipinski definition) is 0. The number of aromatic nitrogens is 4. The van der Waals surface area contributed by atoms with Crippen LogP contribution < -0.4 is 0 Å². The van der Waals surface area contributed by atoms with Crippen LogP contribution in [0.3, 0.4) is 0 Å². The molecule has 2 rings (SSSR count). The number of rotatable bonds is 1. The first-order valence-corrected chi connectivity index (χ1v) is 3.74. The Balaban J connectivity index is 2.57. The maximum atomic E-state index is 4.20. The summed E-state index contributed by atoms with van der Waals surface area (Å²) in [7, 11) is 3.91. The second-order valence-corrected chi connectivity index (χ2v) is 2.72. The highest BCUT2D eigenvalue weighted by molar-refractivity contribution is 6.10. The van der Waals surface area contributed by atoms with E-state index >= 15 is 0 Å². The van der Waals surface area contributed by atoms with Gasteiger partial charge in [0.25, 0.3) is 0 Å². The Bertz CT molecular complexity index is 353. The highest BCUT2D eigenvalue weighted by atomic mass is 15.1. The highest BCUT2D eigenvalue weighted by Gasteiger charge is 2.05. The Morgan fingerprint density at radius 3 is 1.58 bits per heavy atom. The summed E-state index contributed by atoms with van der Waals surface area (Å²) in [6, 6.07) is 0. The van der Waals surface area contributed by atoms with Gasteiger partial charge in [-0.2, -0.15) is 0 Å². The van der Waals surface area contributed by atoms with Gasteiger partial charge in [-0.25, -0.2) is 9.97 Å². The van der Waals surface area contributed by atoms with Crippen LogP contribution in [0.15, 0.2) is 24.8 Å². The highest BCUT2D eigenvalue weighted by Crippen LogP contribution is 2.11. The fourth-order valence-electron chi connectivity index (χ4n) is 1.16. The topological polar surface area (TPSA) is 35.6 Å². The summed E-state index contributed by atoms with van der Waals surface area (Å²) in [6.45, 7) is 0. The second-order valence-electron chi connectivity index (χ2n) is 2.72. The zero-order chi connectivity index (χ0) is 8.55. The quantitative estimate of drug-likeness (QED) is 0.475. The van der Waals surface area contributed by atoms with Gasteiger partial charge < -0.3 is 8.96 Å². The maximum Gasteiger partial charge on any atom is 0.225 e. The predicted molar refractivity (Wildman–Crippen MR) is 51.3 cm³/mol. The third-order valence-electron chi connectivity index (χ3n) is 1.84. The molecule has 12 heavy (non-hydrogen) atoms. The third-order valence-corrected chi connectivity index (χ3v) is 1.84. The predicted octanol–water partition coefficient (Wildman–Crippen LogP) is -1.46. The number of imidazole rings is 2. The van der Waals surface area contributed by atoms with Crippen molar-refractivity contribution in [3.63, 3.8) is 0 Å². The van der Waals surface area contributed by atoms with E-state index in [9.17, 15) is 0 Å². The molecule has 0 aliphatic rings. The molecule has 2 heterocycles. The molecular formula is C6H8B2N4. The van der Waals surface area contributed by atoms with Gasteiger partial charge in [0.15, 0.2) is 11.6 Å². The summed E-state index contributed by atoms with van der Waals surface area (Å²) >= 11 is 0. The first kappa shape index (κ1) is 7.21. The van der Waals surface area contributed by atoms with E-state index in [0.717, 1.165) is 11.6 Å². The Kier molecular flexibility index (Phi) is 1.53. The molecule has 0 saturated heterocycles. The molecule has 2 aromatic rings. The van der Waals surface area contributed by atoms with Crippen LogP contribution in [-0.2, 0) is 0 Å². The summed E-state index contributed by atoms with van der Waals surface area (Å²) in [4.78, 5) is 8.40. The summed E-state index contributed by atoms with van der Waals surface area (Å²) in [5.41, 5.74) is 0. The van der Waals surface area contributed by atoms with Crippen molar-refractivity contribution >= 4 is 16.0 Å². The molecular weight excluding hydrogens is 150 g/mol. The largest absolute Gasteiger partial charge is 0.380 e. The van der Waals surface area contributed by atoms with Gasteiger partial charge in [0.05, 0.1) is 0 Å². The first-order valence-electron chi connectivity index (χ1n) is 3.74. The van der Waals surface area contributed by atoms with Crippen LogP contribution in [0.1, 0.15) is 0 Å². The average molecular weight is 158 g/mol. The van der Waals surface area contributed by atoms with Gasteiger partial charge in [0.2, 0.25) is 16.0 Å². The standard InChI is InChI=1S/C6H8B2N4/c7-11-3-1-9-5(11)6-10-2-4-12(6)8/h1-4H,7-8H2. The number of nitrogens with zero attached hydrogens (tertiary/aromatic N) is 4. The Morgan fingerprint density at radius 1 is 0.917 bits per heavy atom. The fraction of sp³-hybridized carbons (Fsp3) is 0. The minimum atomic E-state index is 0.891. The van der Waals surface area contributed by atoms with Gasteiger partial charge in [-0.05, 0) is 0 Å². The van der Waals surface area contributed by atoms with E-state index in [1.807, 2.05) is 37.3 Å². The van der Waals surface area contributed by atoms with Crippen LogP contribution in [-0.4, -0.2) is 34.9 Å². The van der Waals surface area contributed by atoms with Crippen LogP contribution >= 0.6 is 0 Å². The van der Waals surface area contributed by atoms with Crippen LogP contribution in [0, 0.1) is 0 Å². The number of hydrogen-bond acceptors (Lipinski definition) is 2. The lowest BCUT2D eigenvalue weighted by Gasteiger charge is -2.00. The smallest absolute Gasteiger partial charge is 0.225 e. The van der Waals surface area contributed by atoms with Gasteiger partial charge in [0, 0.05) is 24.8 Å². The molecule has 0 saturated carbocycles. The van der Waals surface area contributed by atoms with Crippen LogP contribution in [0.2, 0.25) is 0 Å². The lowest BCUT2D eigenvalue weighted by molar-refractivity contribution is 1.11. The van der Waals surface area contributed by atoms with E-state index in [1.54, 1.807) is 12.4 Å². The molecule has 0 bridgehead atoms. The molecule has 6 heteroatoms. The Morgan fingerprint density at radius 2 is 1.33 bits per heavy atom. The van der Waals surface area contributed by atoms with Crippen molar-refractivity contribution in [2.45, 2.75) is 0 Å². The summed E-state index contributed by atoms with van der Waals surface area (Å²) in [6.07, 6.45) is 7.35. The molecule has 2 aromatic heterocycles. The molecule has 0 unspecified atom stereocenters. The molecule has 0 aromatic carbocycles.